The van der Waals surface area contributed by atoms with Crippen LogP contribution in [0.4, 0.5) is 0 Å². The SMILES string of the molecule is CCCCC[C]1([Hf]([CH3])([CH3])([CH3])([CH3])([CH3])([CH3])([CH3])[CH]2C=CC=C2)C=Cc2cc3c(cc21)CC(C)(C)C3. The van der Waals surface area contributed by atoms with Gasteiger partial charge in [0.15, 0.2) is 0 Å². The number of allylic oxidation sites excluding steroid dienone is 5. The van der Waals surface area contributed by atoms with Gasteiger partial charge in [0.25, 0.3) is 0 Å². The van der Waals surface area contributed by atoms with Crippen molar-refractivity contribution in [1.82, 2.24) is 0 Å². The van der Waals surface area contributed by atoms with E-state index in [0.717, 1.165) is 0 Å². The third-order valence-corrected chi connectivity index (χ3v) is 57.6. The minimum atomic E-state index is -5.64. The molecule has 0 nitrogen and oxygen atoms in total. The summed E-state index contributed by atoms with van der Waals surface area (Å²) in [6.07, 6.45) is 22.4. The molecule has 0 fully saturated rings. The van der Waals surface area contributed by atoms with Gasteiger partial charge in [0.2, 0.25) is 0 Å². The Bertz CT molecular complexity index is 1150. The molecule has 179 valence electrons. The Morgan fingerprint density at radius 3 is 1.97 bits per heavy atom. The molecule has 3 aliphatic rings. The Labute approximate surface area is 186 Å². The van der Waals surface area contributed by atoms with Crippen molar-refractivity contribution in [3.05, 3.63) is 64.8 Å². The third-order valence-electron chi connectivity index (χ3n) is 11.5. The van der Waals surface area contributed by atoms with E-state index in [2.05, 4.69) is 102 Å². The Balaban J connectivity index is 2.13. The zero-order chi connectivity index (χ0) is 24.1. The molecule has 4 rings (SSSR count). The third kappa shape index (κ3) is 2.88. The van der Waals surface area contributed by atoms with E-state index in [4.69, 9.17) is 0 Å². The predicted octanol–water partition coefficient (Wildman–Crippen LogP) is 10.7. The number of rotatable bonds is 6. The van der Waals surface area contributed by atoms with Crippen molar-refractivity contribution in [2.24, 2.45) is 5.41 Å². The van der Waals surface area contributed by atoms with Gasteiger partial charge >= 0.3 is 188 Å². The summed E-state index contributed by atoms with van der Waals surface area (Å²) >= 11 is -5.64. The van der Waals surface area contributed by atoms with Crippen LogP contribution in [-0.4, -0.2) is 0 Å². The van der Waals surface area contributed by atoms with Crippen LogP contribution in [0.1, 0.15) is 68.7 Å². The Kier molecular flexibility index (Phi) is 3.41. The van der Waals surface area contributed by atoms with E-state index in [1.165, 1.54) is 44.1 Å². The van der Waals surface area contributed by atoms with Crippen molar-refractivity contribution in [3.63, 3.8) is 0 Å². The van der Waals surface area contributed by atoms with Gasteiger partial charge in [0.05, 0.1) is 0 Å². The molecule has 0 radical (unpaired) electrons. The number of fused-ring (bicyclic) bond motifs is 2. The molecular formula is C31H51Hf. The average molecular weight is 602 g/mol. The predicted molar refractivity (Wildman–Crippen MR) is 146 cm³/mol. The monoisotopic (exact) mass is 603 g/mol. The zero-order valence-electron chi connectivity index (χ0n) is 22.9. The average Bonchev–Trinajstić information content (AvgIpc) is 3.28. The molecule has 32 heavy (non-hydrogen) atoms. The summed E-state index contributed by atoms with van der Waals surface area (Å²) in [6.45, 7) is 7.20. The van der Waals surface area contributed by atoms with Crippen LogP contribution in [0.3, 0.4) is 0 Å². The molecule has 0 heterocycles. The molecule has 0 N–H and O–H groups in total. The molecule has 0 aromatic heterocycles. The van der Waals surface area contributed by atoms with Crippen LogP contribution in [0, 0.1) is 5.41 Å². The second-order valence-corrected chi connectivity index (χ2v) is 132. The maximum absolute atomic E-state index is 5.64. The minimum absolute atomic E-state index is 0.00247. The molecule has 0 bridgehead atoms. The van der Waals surface area contributed by atoms with Crippen LogP contribution in [0.25, 0.3) is 6.08 Å². The zero-order valence-corrected chi connectivity index (χ0v) is 26.5. The number of unbranched alkanes of at least 4 members (excludes halogenated alkanes) is 2. The first-order chi connectivity index (χ1) is 13.9. The molecular weight excluding hydrogens is 551 g/mol. The van der Waals surface area contributed by atoms with Crippen molar-refractivity contribution in [1.29, 1.82) is 0 Å². The molecule has 1 aromatic carbocycles. The van der Waals surface area contributed by atoms with Gasteiger partial charge in [-0.1, -0.05) is 0 Å². The van der Waals surface area contributed by atoms with Crippen molar-refractivity contribution in [3.8, 4) is 0 Å². The standard InChI is InChI=1S/C19H25.C5H5.7CH3.Hf/c1-4-5-6-7-14-8-9-15-10-16-12-19(2,3)13-17(16)11-18(14)15;1-2-4-5-3-1;;;;;;;;/h8-11H,4-7,12-13H2,1-3H3;1-5H;7*1H3;. The van der Waals surface area contributed by atoms with Gasteiger partial charge in [-0.3, -0.25) is 0 Å². The molecule has 1 atom stereocenters. The summed E-state index contributed by atoms with van der Waals surface area (Å²) in [5.74, 6) is 0. The van der Waals surface area contributed by atoms with E-state index >= 15 is 0 Å². The second kappa shape index (κ2) is 4.47. The van der Waals surface area contributed by atoms with Gasteiger partial charge in [-0.15, -0.1) is 0 Å². The summed E-state index contributed by atoms with van der Waals surface area (Å²) in [7, 11) is 0. The van der Waals surface area contributed by atoms with Gasteiger partial charge in [0.1, 0.15) is 0 Å². The van der Waals surface area contributed by atoms with Gasteiger partial charge in [0, 0.05) is 0 Å². The van der Waals surface area contributed by atoms with Gasteiger partial charge in [-0.2, -0.15) is 0 Å². The molecule has 0 saturated heterocycles. The fraction of sp³-hybridized carbons (Fsp3) is 0.613. The number of hydrogen-bond donors (Lipinski definition) is 0. The Morgan fingerprint density at radius 2 is 1.41 bits per heavy atom. The first-order valence-corrected chi connectivity index (χ1v) is 42.5. The maximum atomic E-state index is 2.77. The van der Waals surface area contributed by atoms with Crippen molar-refractivity contribution < 1.29 is 12.6 Å². The van der Waals surface area contributed by atoms with Crippen LogP contribution in [0.5, 0.6) is 0 Å². The van der Waals surface area contributed by atoms with Crippen LogP contribution in [-0.2, 0) is 28.6 Å². The fourth-order valence-electron chi connectivity index (χ4n) is 8.62. The molecule has 0 amide bonds. The molecule has 0 saturated carbocycles. The van der Waals surface area contributed by atoms with Crippen molar-refractivity contribution >= 4 is 6.08 Å². The molecule has 0 spiro atoms. The summed E-state index contributed by atoms with van der Waals surface area (Å²) < 4.78 is 19.8. The van der Waals surface area contributed by atoms with E-state index in [1.807, 2.05) is 0 Å². The molecule has 1 unspecified atom stereocenters. The van der Waals surface area contributed by atoms with Crippen LogP contribution < -0.4 is 0 Å². The summed E-state index contributed by atoms with van der Waals surface area (Å²) in [6, 6.07) is 5.24. The second-order valence-electron chi connectivity index (χ2n) is 23.2. The Morgan fingerprint density at radius 1 is 0.844 bits per heavy atom. The molecule has 1 aromatic rings. The van der Waals surface area contributed by atoms with E-state index in [-0.39, 0.29) is 3.17 Å². The van der Waals surface area contributed by atoms with E-state index < -0.39 is 12.6 Å². The topological polar surface area (TPSA) is 0 Å². The van der Waals surface area contributed by atoms with Gasteiger partial charge in [-0.25, -0.2) is 0 Å². The summed E-state index contributed by atoms with van der Waals surface area (Å²) in [5.41, 5.74) is 6.68. The number of hydrogen-bond acceptors (Lipinski definition) is 0. The van der Waals surface area contributed by atoms with Crippen LogP contribution in [0.2, 0.25) is 36.4 Å². The van der Waals surface area contributed by atoms with Crippen molar-refractivity contribution in [2.75, 3.05) is 0 Å². The van der Waals surface area contributed by atoms with Crippen molar-refractivity contribution in [2.45, 2.75) is 98.9 Å². The van der Waals surface area contributed by atoms with E-state index in [9.17, 15) is 0 Å². The molecule has 3 aliphatic carbocycles. The van der Waals surface area contributed by atoms with Gasteiger partial charge in [-0.05, 0) is 0 Å². The molecule has 1 heteroatoms. The van der Waals surface area contributed by atoms with E-state index in [1.54, 1.807) is 16.7 Å². The van der Waals surface area contributed by atoms with Gasteiger partial charge < -0.3 is 0 Å². The van der Waals surface area contributed by atoms with Crippen LogP contribution in [0.15, 0.2) is 42.5 Å². The first-order valence-electron chi connectivity index (χ1n) is 13.5. The fourth-order valence-corrected chi connectivity index (χ4v) is 42.3. The summed E-state index contributed by atoms with van der Waals surface area (Å²) in [5, 5.41) is 0. The Hall–Kier alpha value is -0.690. The normalized spacial score (nSPS) is 30.5. The quantitative estimate of drug-likeness (QED) is 0.225. The first kappa shape index (κ1) is 24.4. The number of benzene rings is 1. The summed E-state index contributed by atoms with van der Waals surface area (Å²) in [4.78, 5) is 0. The van der Waals surface area contributed by atoms with Crippen LogP contribution >= 0.6 is 0 Å². The molecule has 0 aliphatic heterocycles. The van der Waals surface area contributed by atoms with E-state index in [0.29, 0.717) is 9.09 Å².